The summed E-state index contributed by atoms with van der Waals surface area (Å²) in [6.45, 7) is 0. The summed E-state index contributed by atoms with van der Waals surface area (Å²) in [4.78, 5) is 5.31. The maximum absolute atomic E-state index is 6.73. The number of aliphatic imine (C=N–C) groups is 1. The van der Waals surface area contributed by atoms with Crippen LogP contribution in [0.25, 0.3) is 39.7 Å². The van der Waals surface area contributed by atoms with Gasteiger partial charge in [-0.1, -0.05) is 121 Å². The molecule has 40 heavy (non-hydrogen) atoms. The molecule has 0 radical (unpaired) electrons. The van der Waals surface area contributed by atoms with E-state index in [9.17, 15) is 0 Å². The van der Waals surface area contributed by atoms with Crippen molar-refractivity contribution in [2.75, 3.05) is 0 Å². The fourth-order valence-corrected chi connectivity index (χ4v) is 5.77. The van der Waals surface area contributed by atoms with Gasteiger partial charge in [0.2, 0.25) is 0 Å². The van der Waals surface area contributed by atoms with Gasteiger partial charge < -0.3 is 14.6 Å². The molecule has 4 nitrogen and oxygen atoms in total. The van der Waals surface area contributed by atoms with Gasteiger partial charge in [0.25, 0.3) is 0 Å². The molecule has 0 fully saturated rings. The Morgan fingerprint density at radius 2 is 1.32 bits per heavy atom. The van der Waals surface area contributed by atoms with Gasteiger partial charge in [-0.15, -0.1) is 0 Å². The fraction of sp³-hybridized carbons (Fsp3) is 0.0278. The maximum atomic E-state index is 6.73. The Balaban J connectivity index is 1.42. The van der Waals surface area contributed by atoms with Crippen LogP contribution < -0.4 is 10.1 Å². The Morgan fingerprint density at radius 3 is 2.17 bits per heavy atom. The number of para-hydroxylation sites is 2. The number of hydrogen-bond acceptors (Lipinski definition) is 3. The summed E-state index contributed by atoms with van der Waals surface area (Å²) in [5, 5.41) is 5.94. The highest BCUT2D eigenvalue weighted by molar-refractivity contribution is 6.12. The van der Waals surface area contributed by atoms with Gasteiger partial charge in [-0.25, -0.2) is 4.99 Å². The molecule has 1 N–H and O–H groups in total. The van der Waals surface area contributed by atoms with E-state index in [1.165, 1.54) is 5.39 Å². The normalized spacial score (nSPS) is 15.8. The van der Waals surface area contributed by atoms with Crippen molar-refractivity contribution in [2.24, 2.45) is 4.99 Å². The van der Waals surface area contributed by atoms with Gasteiger partial charge in [0, 0.05) is 33.2 Å². The van der Waals surface area contributed by atoms with Crippen molar-refractivity contribution >= 4 is 45.5 Å². The number of aromatic nitrogens is 1. The van der Waals surface area contributed by atoms with Crippen molar-refractivity contribution in [3.63, 3.8) is 0 Å². The van der Waals surface area contributed by atoms with E-state index >= 15 is 0 Å². The van der Waals surface area contributed by atoms with Crippen molar-refractivity contribution in [1.82, 2.24) is 9.88 Å². The second kappa shape index (κ2) is 9.14. The number of nitrogens with zero attached hydrogens (tertiary/aromatic N) is 2. The molecule has 1 unspecified atom stereocenters. The van der Waals surface area contributed by atoms with Crippen molar-refractivity contribution in [3.8, 4) is 11.5 Å². The zero-order valence-electron chi connectivity index (χ0n) is 21.7. The average molecular weight is 516 g/mol. The largest absolute Gasteiger partial charge is 0.454 e. The predicted octanol–water partition coefficient (Wildman–Crippen LogP) is 8.66. The molecule has 0 spiro atoms. The number of fused-ring (bicyclic) bond motifs is 6. The number of amidine groups is 1. The quantitative estimate of drug-likeness (QED) is 0.256. The summed E-state index contributed by atoms with van der Waals surface area (Å²) in [6, 6.07) is 41.9. The van der Waals surface area contributed by atoms with Gasteiger partial charge in [0.1, 0.15) is 17.8 Å². The third kappa shape index (κ3) is 3.65. The smallest absolute Gasteiger partial charge is 0.159 e. The molecule has 1 atom stereocenters. The van der Waals surface area contributed by atoms with E-state index in [0.29, 0.717) is 0 Å². The fourth-order valence-electron chi connectivity index (χ4n) is 5.77. The van der Waals surface area contributed by atoms with Gasteiger partial charge in [0.05, 0.1) is 11.0 Å². The van der Waals surface area contributed by atoms with Crippen LogP contribution in [0, 0.1) is 0 Å². The molecule has 0 saturated heterocycles. The third-order valence-electron chi connectivity index (χ3n) is 7.66. The average Bonchev–Trinajstić information content (AvgIpc) is 3.24. The van der Waals surface area contributed by atoms with E-state index in [0.717, 1.165) is 61.7 Å². The van der Waals surface area contributed by atoms with Crippen molar-refractivity contribution in [2.45, 2.75) is 6.17 Å². The monoisotopic (exact) mass is 515 g/mol. The standard InChI is InChI=1S/C36H25N3O/c1-3-11-24(12-4-1)30-23-33(38-36(37-30)27-14-5-2-6-15-27)39-31-17-9-8-16-28(31)29-22-21-26-20-19-25-13-7-10-18-32(25)40-35(26)34(29)39/h1-23,33H,(H,37,38). The Labute approximate surface area is 232 Å². The third-order valence-corrected chi connectivity index (χ3v) is 7.66. The summed E-state index contributed by atoms with van der Waals surface area (Å²) in [7, 11) is 0. The van der Waals surface area contributed by atoms with Crippen LogP contribution in [-0.2, 0) is 0 Å². The van der Waals surface area contributed by atoms with E-state index in [-0.39, 0.29) is 6.17 Å². The second-order valence-electron chi connectivity index (χ2n) is 10.1. The molecule has 0 bridgehead atoms. The first-order valence-electron chi connectivity index (χ1n) is 13.5. The number of ether oxygens (including phenoxy) is 1. The van der Waals surface area contributed by atoms with Crippen molar-refractivity contribution in [3.05, 3.63) is 150 Å². The molecule has 6 aromatic rings. The lowest BCUT2D eigenvalue weighted by Gasteiger charge is -2.25. The van der Waals surface area contributed by atoms with E-state index in [1.807, 2.05) is 42.5 Å². The molecular formula is C36H25N3O. The molecule has 4 heteroatoms. The first-order valence-corrected chi connectivity index (χ1v) is 13.5. The molecular weight excluding hydrogens is 490 g/mol. The summed E-state index contributed by atoms with van der Waals surface area (Å²) < 4.78 is 9.06. The van der Waals surface area contributed by atoms with Gasteiger partial charge in [-0.3, -0.25) is 0 Å². The van der Waals surface area contributed by atoms with Crippen LogP contribution in [0.3, 0.4) is 0 Å². The predicted molar refractivity (Wildman–Crippen MR) is 164 cm³/mol. The minimum atomic E-state index is -0.299. The number of nitrogens with one attached hydrogen (secondary N) is 1. The molecule has 5 aromatic carbocycles. The van der Waals surface area contributed by atoms with Crippen molar-refractivity contribution < 1.29 is 4.74 Å². The Morgan fingerprint density at radius 1 is 0.625 bits per heavy atom. The first-order chi connectivity index (χ1) is 19.8. The highest BCUT2D eigenvalue weighted by atomic mass is 16.5. The second-order valence-corrected chi connectivity index (χ2v) is 10.1. The molecule has 3 heterocycles. The van der Waals surface area contributed by atoms with Crippen LogP contribution in [0.15, 0.2) is 132 Å². The molecule has 0 saturated carbocycles. The van der Waals surface area contributed by atoms with Crippen LogP contribution in [0.5, 0.6) is 11.5 Å². The molecule has 0 amide bonds. The first kappa shape index (κ1) is 22.6. The van der Waals surface area contributed by atoms with Crippen LogP contribution in [0.4, 0.5) is 0 Å². The zero-order valence-corrected chi connectivity index (χ0v) is 21.7. The minimum Gasteiger partial charge on any atom is -0.454 e. The summed E-state index contributed by atoms with van der Waals surface area (Å²) >= 11 is 0. The highest BCUT2D eigenvalue weighted by Crippen LogP contribution is 2.44. The van der Waals surface area contributed by atoms with Gasteiger partial charge >= 0.3 is 0 Å². The van der Waals surface area contributed by atoms with E-state index in [2.05, 4.69) is 107 Å². The molecule has 2 aliphatic heterocycles. The van der Waals surface area contributed by atoms with Gasteiger partial charge in [0.15, 0.2) is 5.75 Å². The summed E-state index contributed by atoms with van der Waals surface area (Å²) in [5.74, 6) is 2.53. The molecule has 190 valence electrons. The topological polar surface area (TPSA) is 38.5 Å². The molecule has 8 rings (SSSR count). The number of benzene rings is 5. The Kier molecular flexibility index (Phi) is 5.17. The van der Waals surface area contributed by atoms with Gasteiger partial charge in [-0.2, -0.15) is 0 Å². The van der Waals surface area contributed by atoms with Gasteiger partial charge in [-0.05, 0) is 23.8 Å². The van der Waals surface area contributed by atoms with Crippen LogP contribution in [-0.4, -0.2) is 10.4 Å². The molecule has 0 aliphatic carbocycles. The number of rotatable bonds is 3. The summed E-state index contributed by atoms with van der Waals surface area (Å²) in [6.07, 6.45) is 6.19. The SMILES string of the molecule is C1=Cc2ccc3c4ccccc4n(C4C=C(c5ccccc5)NC(c5ccccc5)=N4)c3c2Oc2ccccc21. The molecule has 2 aliphatic rings. The Hall–Kier alpha value is -5.35. The van der Waals surface area contributed by atoms with E-state index in [4.69, 9.17) is 9.73 Å². The van der Waals surface area contributed by atoms with Crippen molar-refractivity contribution in [1.29, 1.82) is 0 Å². The number of hydrogen-bond donors (Lipinski definition) is 1. The Bertz CT molecular complexity index is 1940. The van der Waals surface area contributed by atoms with Crippen LogP contribution >= 0.6 is 0 Å². The van der Waals surface area contributed by atoms with E-state index < -0.39 is 0 Å². The summed E-state index contributed by atoms with van der Waals surface area (Å²) in [5.41, 5.74) is 7.44. The van der Waals surface area contributed by atoms with E-state index in [1.54, 1.807) is 0 Å². The minimum absolute atomic E-state index is 0.299. The zero-order chi connectivity index (χ0) is 26.5. The van der Waals surface area contributed by atoms with Crippen LogP contribution in [0.2, 0.25) is 0 Å². The lowest BCUT2D eigenvalue weighted by molar-refractivity contribution is 0.482. The molecule has 1 aromatic heterocycles. The van der Waals surface area contributed by atoms with Crippen LogP contribution in [0.1, 0.15) is 28.4 Å². The highest BCUT2D eigenvalue weighted by Gasteiger charge is 2.26. The lowest BCUT2D eigenvalue weighted by Crippen LogP contribution is -2.29. The lowest BCUT2D eigenvalue weighted by atomic mass is 10.1. The maximum Gasteiger partial charge on any atom is 0.159 e.